The molecule has 1 aliphatic rings. The number of furan rings is 1. The zero-order valence-corrected chi connectivity index (χ0v) is 12.9. The third kappa shape index (κ3) is 3.31. The van der Waals surface area contributed by atoms with Crippen molar-refractivity contribution in [2.75, 3.05) is 13.7 Å². The van der Waals surface area contributed by atoms with Crippen LogP contribution < -0.4 is 10.9 Å². The van der Waals surface area contributed by atoms with E-state index in [9.17, 15) is 4.79 Å². The summed E-state index contributed by atoms with van der Waals surface area (Å²) in [5, 5.41) is 3.57. The summed E-state index contributed by atoms with van der Waals surface area (Å²) in [6.07, 6.45) is 6.40. The molecular formula is C17H22N2O3. The second-order valence-electron chi connectivity index (χ2n) is 5.74. The number of hydrogen-bond acceptors (Lipinski definition) is 4. The number of nitrogens with zero attached hydrogens (tertiary/aromatic N) is 1. The molecule has 0 fully saturated rings. The second-order valence-corrected chi connectivity index (χ2v) is 5.74. The molecule has 0 aliphatic heterocycles. The molecule has 118 valence electrons. The fourth-order valence-electron chi connectivity index (χ4n) is 3.08. The summed E-state index contributed by atoms with van der Waals surface area (Å²) in [6.45, 7) is 2.02. The average Bonchev–Trinajstić information content (AvgIpc) is 3.05. The first-order valence-electron chi connectivity index (χ1n) is 7.73. The molecule has 3 rings (SSSR count). The molecule has 0 aromatic carbocycles. The van der Waals surface area contributed by atoms with Crippen molar-refractivity contribution in [1.82, 2.24) is 9.88 Å². The highest BCUT2D eigenvalue weighted by Gasteiger charge is 2.21. The van der Waals surface area contributed by atoms with E-state index in [4.69, 9.17) is 9.15 Å². The fraction of sp³-hybridized carbons (Fsp3) is 0.471. The van der Waals surface area contributed by atoms with Crippen LogP contribution in [-0.2, 0) is 30.7 Å². The fourth-order valence-corrected chi connectivity index (χ4v) is 3.08. The van der Waals surface area contributed by atoms with Gasteiger partial charge in [0.2, 0.25) is 0 Å². The Kier molecular flexibility index (Phi) is 4.75. The van der Waals surface area contributed by atoms with Gasteiger partial charge in [-0.15, -0.1) is 0 Å². The quantitative estimate of drug-likeness (QED) is 0.883. The van der Waals surface area contributed by atoms with Crippen LogP contribution in [0, 0.1) is 0 Å². The number of pyridine rings is 1. The van der Waals surface area contributed by atoms with E-state index in [1.807, 2.05) is 16.7 Å². The van der Waals surface area contributed by atoms with Crippen LogP contribution in [-0.4, -0.2) is 24.3 Å². The van der Waals surface area contributed by atoms with Crippen LogP contribution >= 0.6 is 0 Å². The lowest BCUT2D eigenvalue weighted by Crippen LogP contribution is -2.37. The monoisotopic (exact) mass is 302 g/mol. The van der Waals surface area contributed by atoms with Gasteiger partial charge in [-0.05, 0) is 30.9 Å². The summed E-state index contributed by atoms with van der Waals surface area (Å²) in [5.74, 6) is 0. The molecule has 0 saturated heterocycles. The molecule has 22 heavy (non-hydrogen) atoms. The molecule has 0 spiro atoms. The van der Waals surface area contributed by atoms with Crippen LogP contribution in [0.15, 0.2) is 39.9 Å². The Morgan fingerprint density at radius 1 is 1.41 bits per heavy atom. The normalized spacial score (nSPS) is 17.4. The lowest BCUT2D eigenvalue weighted by molar-refractivity contribution is 0.184. The van der Waals surface area contributed by atoms with Crippen LogP contribution in [0.3, 0.4) is 0 Å². The highest BCUT2D eigenvalue weighted by molar-refractivity contribution is 5.25. The van der Waals surface area contributed by atoms with Gasteiger partial charge >= 0.3 is 0 Å². The van der Waals surface area contributed by atoms with Crippen molar-refractivity contribution in [2.24, 2.45) is 0 Å². The van der Waals surface area contributed by atoms with Crippen LogP contribution in [0.2, 0.25) is 0 Å². The molecule has 1 N–H and O–H groups in total. The number of nitrogens with one attached hydrogen (secondary N) is 1. The van der Waals surface area contributed by atoms with Gasteiger partial charge in [0.1, 0.15) is 0 Å². The highest BCUT2D eigenvalue weighted by atomic mass is 16.5. The van der Waals surface area contributed by atoms with Gasteiger partial charge in [-0.3, -0.25) is 4.79 Å². The molecule has 5 nitrogen and oxygen atoms in total. The maximum absolute atomic E-state index is 12.0. The molecule has 0 saturated carbocycles. The number of ether oxygens (including phenoxy) is 1. The highest BCUT2D eigenvalue weighted by Crippen LogP contribution is 2.20. The zero-order valence-electron chi connectivity index (χ0n) is 12.9. The molecule has 1 atom stereocenters. The third-order valence-corrected chi connectivity index (χ3v) is 4.28. The van der Waals surface area contributed by atoms with Crippen molar-refractivity contribution >= 4 is 0 Å². The van der Waals surface area contributed by atoms with Crippen molar-refractivity contribution in [3.8, 4) is 0 Å². The zero-order chi connectivity index (χ0) is 15.4. The maximum Gasteiger partial charge on any atom is 0.250 e. The van der Waals surface area contributed by atoms with E-state index in [1.54, 1.807) is 25.7 Å². The Labute approximate surface area is 129 Å². The summed E-state index contributed by atoms with van der Waals surface area (Å²) >= 11 is 0. The van der Waals surface area contributed by atoms with E-state index >= 15 is 0 Å². The van der Waals surface area contributed by atoms with Crippen molar-refractivity contribution in [1.29, 1.82) is 0 Å². The molecule has 0 amide bonds. The SMILES string of the molecule is COCCn1c2c(ccc1=O)CC(NCc1ccoc1)CC2. The second kappa shape index (κ2) is 6.94. The molecular weight excluding hydrogens is 280 g/mol. The first-order valence-corrected chi connectivity index (χ1v) is 7.73. The van der Waals surface area contributed by atoms with E-state index in [0.717, 1.165) is 31.4 Å². The van der Waals surface area contributed by atoms with Gasteiger partial charge in [-0.25, -0.2) is 0 Å². The number of aromatic nitrogens is 1. The van der Waals surface area contributed by atoms with Crippen molar-refractivity contribution in [2.45, 2.75) is 38.4 Å². The average molecular weight is 302 g/mol. The number of hydrogen-bond donors (Lipinski definition) is 1. The molecule has 0 radical (unpaired) electrons. The summed E-state index contributed by atoms with van der Waals surface area (Å²) in [4.78, 5) is 12.0. The van der Waals surface area contributed by atoms with Gasteiger partial charge < -0.3 is 19.0 Å². The van der Waals surface area contributed by atoms with Crippen LogP contribution in [0.5, 0.6) is 0 Å². The van der Waals surface area contributed by atoms with Crippen molar-refractivity contribution < 1.29 is 9.15 Å². The van der Waals surface area contributed by atoms with Crippen LogP contribution in [0.1, 0.15) is 23.2 Å². The van der Waals surface area contributed by atoms with Gasteiger partial charge in [0.05, 0.1) is 19.1 Å². The largest absolute Gasteiger partial charge is 0.472 e. The van der Waals surface area contributed by atoms with E-state index in [2.05, 4.69) is 5.32 Å². The molecule has 1 aliphatic carbocycles. The maximum atomic E-state index is 12.0. The van der Waals surface area contributed by atoms with Crippen LogP contribution in [0.25, 0.3) is 0 Å². The van der Waals surface area contributed by atoms with E-state index < -0.39 is 0 Å². The minimum atomic E-state index is 0.0700. The standard InChI is InChI=1S/C17H22N2O3/c1-21-9-7-19-16-4-3-15(10-14(16)2-5-17(19)20)18-11-13-6-8-22-12-13/h2,5-6,8,12,15,18H,3-4,7,9-11H2,1H3. The summed E-state index contributed by atoms with van der Waals surface area (Å²) in [7, 11) is 1.66. The number of methoxy groups -OCH3 is 1. The van der Waals surface area contributed by atoms with Gasteiger partial charge in [-0.1, -0.05) is 6.07 Å². The molecule has 2 aromatic rings. The van der Waals surface area contributed by atoms with Gasteiger partial charge in [0.25, 0.3) is 5.56 Å². The van der Waals surface area contributed by atoms with Crippen molar-refractivity contribution in [3.05, 3.63) is 57.9 Å². The lowest BCUT2D eigenvalue weighted by Gasteiger charge is -2.27. The first kappa shape index (κ1) is 15.1. The minimum absolute atomic E-state index is 0.0700. The smallest absolute Gasteiger partial charge is 0.250 e. The number of fused-ring (bicyclic) bond motifs is 1. The molecule has 5 heteroatoms. The van der Waals surface area contributed by atoms with Crippen LogP contribution in [0.4, 0.5) is 0 Å². The number of rotatable bonds is 6. The van der Waals surface area contributed by atoms with E-state index in [0.29, 0.717) is 19.2 Å². The van der Waals surface area contributed by atoms with Gasteiger partial charge in [0.15, 0.2) is 0 Å². The molecule has 2 aromatic heterocycles. The third-order valence-electron chi connectivity index (χ3n) is 4.28. The molecule has 2 heterocycles. The first-order chi connectivity index (χ1) is 10.8. The summed E-state index contributed by atoms with van der Waals surface area (Å²) < 4.78 is 12.1. The Hall–Kier alpha value is -1.85. The summed E-state index contributed by atoms with van der Waals surface area (Å²) in [5.41, 5.74) is 3.68. The van der Waals surface area contributed by atoms with Gasteiger partial charge in [0, 0.05) is 43.6 Å². The Morgan fingerprint density at radius 2 is 2.32 bits per heavy atom. The predicted molar refractivity (Wildman–Crippen MR) is 83.9 cm³/mol. The Bertz CT molecular complexity index is 661. The van der Waals surface area contributed by atoms with Crippen molar-refractivity contribution in [3.63, 3.8) is 0 Å². The van der Waals surface area contributed by atoms with E-state index in [1.165, 1.54) is 11.3 Å². The Morgan fingerprint density at radius 3 is 3.09 bits per heavy atom. The minimum Gasteiger partial charge on any atom is -0.472 e. The molecule has 1 unspecified atom stereocenters. The van der Waals surface area contributed by atoms with Gasteiger partial charge in [-0.2, -0.15) is 0 Å². The lowest BCUT2D eigenvalue weighted by atomic mass is 9.91. The topological polar surface area (TPSA) is 56.4 Å². The van der Waals surface area contributed by atoms with E-state index in [-0.39, 0.29) is 5.56 Å². The predicted octanol–water partition coefficient (Wildman–Crippen LogP) is 1.73. The Balaban J connectivity index is 1.69. The summed E-state index contributed by atoms with van der Waals surface area (Å²) in [6, 6.07) is 6.07. The molecule has 0 bridgehead atoms.